The van der Waals surface area contributed by atoms with Crippen molar-refractivity contribution in [2.24, 2.45) is 5.92 Å². The van der Waals surface area contributed by atoms with Crippen molar-refractivity contribution in [2.45, 2.75) is 18.5 Å². The van der Waals surface area contributed by atoms with E-state index in [1.807, 2.05) is 35.2 Å². The van der Waals surface area contributed by atoms with Gasteiger partial charge in [-0.3, -0.25) is 9.63 Å². The van der Waals surface area contributed by atoms with Crippen LogP contribution in [0.5, 0.6) is 5.75 Å². The second-order valence-electron chi connectivity index (χ2n) is 8.18. The van der Waals surface area contributed by atoms with Crippen LogP contribution in [0.4, 0.5) is 0 Å². The van der Waals surface area contributed by atoms with Gasteiger partial charge in [-0.05, 0) is 35.7 Å². The average molecular weight is 418 g/mol. The van der Waals surface area contributed by atoms with Crippen LogP contribution in [0.2, 0.25) is 0 Å². The Labute approximate surface area is 181 Å². The number of rotatable bonds is 4. The molecule has 160 valence electrons. The number of piperidine rings is 1. The second-order valence-corrected chi connectivity index (χ2v) is 8.18. The van der Waals surface area contributed by atoms with Crippen molar-refractivity contribution in [2.75, 3.05) is 27.3 Å². The number of benzene rings is 2. The van der Waals surface area contributed by atoms with Gasteiger partial charge in [0, 0.05) is 31.1 Å². The molecule has 2 aromatic carbocycles. The third kappa shape index (κ3) is 3.62. The summed E-state index contributed by atoms with van der Waals surface area (Å²) >= 11 is 0. The Kier molecular flexibility index (Phi) is 5.26. The summed E-state index contributed by atoms with van der Waals surface area (Å²) in [4.78, 5) is 21.0. The molecule has 0 N–H and O–H groups in total. The summed E-state index contributed by atoms with van der Waals surface area (Å²) in [6.07, 6.45) is 2.37. The van der Waals surface area contributed by atoms with Crippen LogP contribution in [-0.4, -0.2) is 49.2 Å². The van der Waals surface area contributed by atoms with Crippen LogP contribution < -0.4 is 4.74 Å². The molecule has 1 amide bonds. The van der Waals surface area contributed by atoms with Gasteiger partial charge in [0.05, 0.1) is 26.0 Å². The van der Waals surface area contributed by atoms with Crippen LogP contribution in [-0.2, 0) is 4.84 Å². The quantitative estimate of drug-likeness (QED) is 0.628. The number of likely N-dealkylation sites (tertiary alicyclic amines) is 1. The van der Waals surface area contributed by atoms with Gasteiger partial charge in [0.1, 0.15) is 5.75 Å². The van der Waals surface area contributed by atoms with E-state index in [4.69, 9.17) is 14.0 Å². The minimum Gasteiger partial charge on any atom is -0.496 e. The monoisotopic (exact) mass is 418 g/mol. The van der Waals surface area contributed by atoms with Crippen LogP contribution >= 0.6 is 0 Å². The Morgan fingerprint density at radius 1 is 1.06 bits per heavy atom. The van der Waals surface area contributed by atoms with Crippen molar-refractivity contribution < 1.29 is 18.8 Å². The number of ether oxygens (including phenoxy) is 1. The van der Waals surface area contributed by atoms with Gasteiger partial charge in [-0.25, -0.2) is 0 Å². The molecule has 2 aliphatic heterocycles. The van der Waals surface area contributed by atoms with Crippen molar-refractivity contribution >= 4 is 5.91 Å². The summed E-state index contributed by atoms with van der Waals surface area (Å²) in [5, 5.41) is 1.95. The topological polar surface area (TPSA) is 55.2 Å². The highest BCUT2D eigenvalue weighted by molar-refractivity contribution is 5.92. The second kappa shape index (κ2) is 8.21. The lowest BCUT2D eigenvalue weighted by Crippen LogP contribution is -2.49. The minimum absolute atomic E-state index is 0.0466. The van der Waals surface area contributed by atoms with Gasteiger partial charge < -0.3 is 14.1 Å². The molecule has 6 nitrogen and oxygen atoms in total. The van der Waals surface area contributed by atoms with Gasteiger partial charge in [0.25, 0.3) is 5.91 Å². The fourth-order valence-electron chi connectivity index (χ4n) is 4.82. The van der Waals surface area contributed by atoms with E-state index in [9.17, 15) is 4.79 Å². The molecular weight excluding hydrogens is 392 g/mol. The molecule has 3 aromatic rings. The predicted molar refractivity (Wildman–Crippen MR) is 117 cm³/mol. The molecule has 2 aliphatic rings. The van der Waals surface area contributed by atoms with E-state index in [1.165, 1.54) is 0 Å². The Morgan fingerprint density at radius 3 is 2.61 bits per heavy atom. The van der Waals surface area contributed by atoms with E-state index >= 15 is 0 Å². The number of amides is 1. The first-order valence-electron chi connectivity index (χ1n) is 10.6. The van der Waals surface area contributed by atoms with Crippen molar-refractivity contribution in [1.82, 2.24) is 9.96 Å². The fraction of sp³-hybridized carbons (Fsp3) is 0.320. The molecule has 0 radical (unpaired) electrons. The Morgan fingerprint density at radius 2 is 1.87 bits per heavy atom. The minimum atomic E-state index is -0.0724. The molecule has 3 atom stereocenters. The molecule has 2 saturated heterocycles. The fourth-order valence-corrected chi connectivity index (χ4v) is 4.82. The van der Waals surface area contributed by atoms with Crippen LogP contribution in [0.3, 0.4) is 0 Å². The SMILES string of the molecule is COc1ccccc1-c1ccc([C@@H]2C[C@H]3[C@H](CON3C)CN2C(=O)c2ccco2)cc1. The Balaban J connectivity index is 1.47. The molecule has 0 saturated carbocycles. The normalized spacial score (nSPS) is 23.5. The first kappa shape index (κ1) is 19.8. The summed E-state index contributed by atoms with van der Waals surface area (Å²) in [7, 11) is 3.67. The van der Waals surface area contributed by atoms with Gasteiger partial charge in [0.2, 0.25) is 0 Å². The van der Waals surface area contributed by atoms with Crippen LogP contribution in [0, 0.1) is 5.92 Å². The molecule has 0 bridgehead atoms. The first-order chi connectivity index (χ1) is 15.2. The smallest absolute Gasteiger partial charge is 0.290 e. The summed E-state index contributed by atoms with van der Waals surface area (Å²) < 4.78 is 10.9. The largest absolute Gasteiger partial charge is 0.496 e. The van der Waals surface area contributed by atoms with E-state index < -0.39 is 0 Å². The standard InChI is InChI=1S/C25H26N2O4/c1-26-21-14-22(27(15-19(21)16-31-26)25(28)24-8-5-13-30-24)18-11-9-17(10-12-18)20-6-3-4-7-23(20)29-2/h3-13,19,21-22H,14-16H2,1-2H3/t19-,21-,22-/m0/s1. The summed E-state index contributed by atoms with van der Waals surface area (Å²) in [5.41, 5.74) is 3.24. The average Bonchev–Trinajstić information content (AvgIpc) is 3.48. The molecule has 5 rings (SSSR count). The molecule has 0 aliphatic carbocycles. The zero-order valence-electron chi connectivity index (χ0n) is 17.7. The van der Waals surface area contributed by atoms with Gasteiger partial charge in [-0.15, -0.1) is 0 Å². The summed E-state index contributed by atoms with van der Waals surface area (Å²) in [5.74, 6) is 1.45. The predicted octanol–water partition coefficient (Wildman–Crippen LogP) is 4.40. The highest BCUT2D eigenvalue weighted by Crippen LogP contribution is 2.40. The lowest BCUT2D eigenvalue weighted by Gasteiger charge is -2.42. The number of nitrogens with zero attached hydrogens (tertiary/aromatic N) is 2. The van der Waals surface area contributed by atoms with Crippen molar-refractivity contribution in [1.29, 1.82) is 0 Å². The lowest BCUT2D eigenvalue weighted by atomic mass is 9.85. The highest BCUT2D eigenvalue weighted by Gasteiger charge is 2.44. The van der Waals surface area contributed by atoms with E-state index in [0.717, 1.165) is 28.9 Å². The van der Waals surface area contributed by atoms with E-state index in [1.54, 1.807) is 25.5 Å². The van der Waals surface area contributed by atoms with E-state index in [0.29, 0.717) is 30.9 Å². The van der Waals surface area contributed by atoms with Crippen molar-refractivity contribution in [3.8, 4) is 16.9 Å². The van der Waals surface area contributed by atoms with E-state index in [-0.39, 0.29) is 11.9 Å². The molecule has 0 unspecified atom stereocenters. The van der Waals surface area contributed by atoms with Gasteiger partial charge in [-0.1, -0.05) is 42.5 Å². The molecule has 2 fully saturated rings. The maximum Gasteiger partial charge on any atom is 0.290 e. The zero-order chi connectivity index (χ0) is 21.4. The Bertz CT molecular complexity index is 1050. The number of hydrogen-bond acceptors (Lipinski definition) is 5. The van der Waals surface area contributed by atoms with E-state index in [2.05, 4.69) is 30.3 Å². The molecule has 6 heteroatoms. The van der Waals surface area contributed by atoms with Crippen molar-refractivity contribution in [3.63, 3.8) is 0 Å². The number of hydroxylamine groups is 2. The molecule has 0 spiro atoms. The zero-order valence-corrected chi connectivity index (χ0v) is 17.7. The lowest BCUT2D eigenvalue weighted by molar-refractivity contribution is -0.114. The molecule has 1 aromatic heterocycles. The number of furan rings is 1. The third-order valence-electron chi connectivity index (χ3n) is 6.48. The van der Waals surface area contributed by atoms with Gasteiger partial charge in [-0.2, -0.15) is 5.06 Å². The maximum absolute atomic E-state index is 13.2. The molecule has 31 heavy (non-hydrogen) atoms. The maximum atomic E-state index is 13.2. The number of hydrogen-bond donors (Lipinski definition) is 0. The van der Waals surface area contributed by atoms with Crippen LogP contribution in [0.25, 0.3) is 11.1 Å². The first-order valence-corrected chi connectivity index (χ1v) is 10.6. The number of fused-ring (bicyclic) bond motifs is 1. The van der Waals surface area contributed by atoms with Crippen molar-refractivity contribution in [3.05, 3.63) is 78.3 Å². The third-order valence-corrected chi connectivity index (χ3v) is 6.48. The Hall–Kier alpha value is -3.09. The van der Waals surface area contributed by atoms with Crippen LogP contribution in [0.1, 0.15) is 28.6 Å². The number of carbonyl (C=O) groups is 1. The molecule has 3 heterocycles. The summed E-state index contributed by atoms with van der Waals surface area (Å²) in [6, 6.07) is 20.1. The van der Waals surface area contributed by atoms with Gasteiger partial charge >= 0.3 is 0 Å². The highest BCUT2D eigenvalue weighted by atomic mass is 16.7. The van der Waals surface area contributed by atoms with Gasteiger partial charge in [0.15, 0.2) is 5.76 Å². The molecular formula is C25H26N2O4. The summed E-state index contributed by atoms with van der Waals surface area (Å²) in [6.45, 7) is 1.29. The number of methoxy groups -OCH3 is 1. The number of carbonyl (C=O) groups excluding carboxylic acids is 1. The number of para-hydroxylation sites is 1. The van der Waals surface area contributed by atoms with Crippen LogP contribution in [0.15, 0.2) is 71.3 Å².